The Bertz CT molecular complexity index is 587. The maximum atomic E-state index is 12.1. The first-order chi connectivity index (χ1) is 10.5. The van der Waals surface area contributed by atoms with Crippen LogP contribution in [0.15, 0.2) is 24.3 Å². The number of primary amides is 1. The van der Waals surface area contributed by atoms with E-state index in [0.29, 0.717) is 13.0 Å². The summed E-state index contributed by atoms with van der Waals surface area (Å²) in [5.41, 5.74) is 5.28. The number of esters is 1. The normalized spacial score (nSPS) is 17.8. The molecule has 0 bridgehead atoms. The molecular formula is C15H18N2O5. The third-order valence-corrected chi connectivity index (χ3v) is 3.60. The number of amides is 2. The number of nitrogens with two attached hydrogens (primary N) is 1. The second-order valence-corrected chi connectivity index (χ2v) is 5.09. The Hall–Kier alpha value is -2.57. The van der Waals surface area contributed by atoms with Crippen LogP contribution in [0.4, 0.5) is 0 Å². The van der Waals surface area contributed by atoms with Crippen molar-refractivity contribution in [1.29, 1.82) is 0 Å². The zero-order valence-electron chi connectivity index (χ0n) is 12.0. The van der Waals surface area contributed by atoms with Crippen molar-refractivity contribution in [3.63, 3.8) is 0 Å². The summed E-state index contributed by atoms with van der Waals surface area (Å²) in [6.07, 6.45) is 2.13. The van der Waals surface area contributed by atoms with E-state index >= 15 is 0 Å². The van der Waals surface area contributed by atoms with Gasteiger partial charge in [0.1, 0.15) is 17.4 Å². The molecule has 1 aliphatic rings. The van der Waals surface area contributed by atoms with E-state index in [0.717, 1.165) is 12.8 Å². The Morgan fingerprint density at radius 3 is 2.68 bits per heavy atom. The van der Waals surface area contributed by atoms with E-state index in [1.807, 2.05) is 0 Å². The number of benzene rings is 1. The van der Waals surface area contributed by atoms with Crippen LogP contribution in [0.3, 0.4) is 0 Å². The average molecular weight is 306 g/mol. The van der Waals surface area contributed by atoms with Gasteiger partial charge in [-0.3, -0.25) is 9.59 Å². The van der Waals surface area contributed by atoms with Gasteiger partial charge in [0.2, 0.25) is 5.91 Å². The first kappa shape index (κ1) is 15.8. The van der Waals surface area contributed by atoms with E-state index in [1.54, 1.807) is 12.1 Å². The zero-order valence-corrected chi connectivity index (χ0v) is 12.0. The maximum Gasteiger partial charge on any atom is 0.342 e. The summed E-state index contributed by atoms with van der Waals surface area (Å²) in [6.45, 7) is -0.0719. The number of carbonyl (C=O) groups excluding carboxylic acids is 3. The lowest BCUT2D eigenvalue weighted by Crippen LogP contribution is -2.51. The number of hydrogen-bond acceptors (Lipinski definition) is 5. The molecule has 7 nitrogen and oxygen atoms in total. The van der Waals surface area contributed by atoms with Gasteiger partial charge in [-0.25, -0.2) is 4.79 Å². The van der Waals surface area contributed by atoms with Gasteiger partial charge in [0, 0.05) is 6.54 Å². The third kappa shape index (κ3) is 3.55. The summed E-state index contributed by atoms with van der Waals surface area (Å²) in [7, 11) is 0. The second kappa shape index (κ2) is 6.93. The van der Waals surface area contributed by atoms with Crippen molar-refractivity contribution in [1.82, 2.24) is 4.90 Å². The predicted octanol–water partition coefficient (Wildman–Crippen LogP) is 0.415. The average Bonchev–Trinajstić information content (AvgIpc) is 2.52. The minimum atomic E-state index is -0.793. The smallest absolute Gasteiger partial charge is 0.342 e. The topological polar surface area (TPSA) is 110 Å². The lowest BCUT2D eigenvalue weighted by molar-refractivity contribution is -0.143. The quantitative estimate of drug-likeness (QED) is 0.783. The van der Waals surface area contributed by atoms with Crippen molar-refractivity contribution in [2.75, 3.05) is 13.2 Å². The molecular weight excluding hydrogens is 288 g/mol. The molecule has 1 aromatic carbocycles. The summed E-state index contributed by atoms with van der Waals surface area (Å²) in [6, 6.07) is 5.25. The van der Waals surface area contributed by atoms with Crippen LogP contribution >= 0.6 is 0 Å². The molecule has 2 rings (SSSR count). The highest BCUT2D eigenvalue weighted by Gasteiger charge is 2.31. The molecule has 2 amide bonds. The molecule has 7 heteroatoms. The van der Waals surface area contributed by atoms with Crippen LogP contribution in [0.1, 0.15) is 29.6 Å². The molecule has 22 heavy (non-hydrogen) atoms. The maximum absolute atomic E-state index is 12.1. The van der Waals surface area contributed by atoms with E-state index in [-0.39, 0.29) is 11.3 Å². The van der Waals surface area contributed by atoms with Crippen LogP contribution < -0.4 is 5.73 Å². The number of piperidine rings is 1. The largest absolute Gasteiger partial charge is 0.507 e. The van der Waals surface area contributed by atoms with Crippen molar-refractivity contribution in [3.8, 4) is 5.75 Å². The molecule has 0 radical (unpaired) electrons. The fraction of sp³-hybridized carbons (Fsp3) is 0.400. The number of ether oxygens (including phenoxy) is 1. The van der Waals surface area contributed by atoms with Crippen molar-refractivity contribution in [2.24, 2.45) is 5.73 Å². The number of para-hydroxylation sites is 1. The minimum Gasteiger partial charge on any atom is -0.507 e. The van der Waals surface area contributed by atoms with E-state index in [2.05, 4.69) is 0 Å². The molecule has 1 aromatic rings. The second-order valence-electron chi connectivity index (χ2n) is 5.09. The summed E-state index contributed by atoms with van der Waals surface area (Å²) in [5.74, 6) is -2.03. The SMILES string of the molecule is NC(=O)[C@H]1CCCCN1C(=O)COC(=O)c1ccccc1O. The molecule has 1 atom stereocenters. The van der Waals surface area contributed by atoms with Crippen molar-refractivity contribution < 1.29 is 24.2 Å². The lowest BCUT2D eigenvalue weighted by atomic mass is 10.0. The molecule has 1 fully saturated rings. The Kier molecular flexibility index (Phi) is 4.98. The van der Waals surface area contributed by atoms with Crippen molar-refractivity contribution in [3.05, 3.63) is 29.8 Å². The highest BCUT2D eigenvalue weighted by molar-refractivity contribution is 5.94. The summed E-state index contributed by atoms with van der Waals surface area (Å²) < 4.78 is 4.91. The highest BCUT2D eigenvalue weighted by Crippen LogP contribution is 2.18. The lowest BCUT2D eigenvalue weighted by Gasteiger charge is -2.33. The van der Waals surface area contributed by atoms with Gasteiger partial charge in [0.05, 0.1) is 0 Å². The van der Waals surface area contributed by atoms with Gasteiger partial charge >= 0.3 is 5.97 Å². The zero-order chi connectivity index (χ0) is 16.1. The first-order valence-corrected chi connectivity index (χ1v) is 7.04. The van der Waals surface area contributed by atoms with Gasteiger partial charge in [0.25, 0.3) is 5.91 Å². The first-order valence-electron chi connectivity index (χ1n) is 7.04. The summed E-state index contributed by atoms with van der Waals surface area (Å²) >= 11 is 0. The molecule has 0 spiro atoms. The molecule has 3 N–H and O–H groups in total. The molecule has 1 saturated heterocycles. The van der Waals surface area contributed by atoms with Crippen molar-refractivity contribution >= 4 is 17.8 Å². The molecule has 0 unspecified atom stereocenters. The fourth-order valence-electron chi connectivity index (χ4n) is 2.46. The van der Waals surface area contributed by atoms with Gasteiger partial charge in [-0.15, -0.1) is 0 Å². The van der Waals surface area contributed by atoms with Crippen LogP contribution in [0.2, 0.25) is 0 Å². The molecule has 0 aliphatic carbocycles. The van der Waals surface area contributed by atoms with Crippen LogP contribution in [-0.2, 0) is 14.3 Å². The number of phenolic OH excluding ortho intramolecular Hbond substituents is 1. The van der Waals surface area contributed by atoms with E-state index in [1.165, 1.54) is 17.0 Å². The van der Waals surface area contributed by atoms with Gasteiger partial charge < -0.3 is 20.5 Å². The van der Waals surface area contributed by atoms with Gasteiger partial charge in [-0.1, -0.05) is 12.1 Å². The number of aromatic hydroxyl groups is 1. The van der Waals surface area contributed by atoms with Gasteiger partial charge in [-0.05, 0) is 31.4 Å². The van der Waals surface area contributed by atoms with Crippen LogP contribution in [0.5, 0.6) is 5.75 Å². The van der Waals surface area contributed by atoms with Crippen LogP contribution in [0, 0.1) is 0 Å². The Morgan fingerprint density at radius 2 is 2.00 bits per heavy atom. The number of carbonyl (C=O) groups is 3. The standard InChI is InChI=1S/C15H18N2O5/c16-14(20)11-6-3-4-8-17(11)13(19)9-22-15(21)10-5-1-2-7-12(10)18/h1-2,5,7,11,18H,3-4,6,8-9H2,(H2,16,20)/t11-/m1/s1. The Labute approximate surface area is 127 Å². The molecule has 1 heterocycles. The van der Waals surface area contributed by atoms with Crippen LogP contribution in [-0.4, -0.2) is 47.0 Å². The molecule has 1 aliphatic heterocycles. The predicted molar refractivity (Wildman–Crippen MR) is 76.9 cm³/mol. The Balaban J connectivity index is 1.96. The molecule has 118 valence electrons. The van der Waals surface area contributed by atoms with E-state index in [4.69, 9.17) is 10.5 Å². The monoisotopic (exact) mass is 306 g/mol. The van der Waals surface area contributed by atoms with Crippen LogP contribution in [0.25, 0.3) is 0 Å². The number of phenols is 1. The summed E-state index contributed by atoms with van der Waals surface area (Å²) in [5, 5.41) is 9.55. The van der Waals surface area contributed by atoms with Gasteiger partial charge in [-0.2, -0.15) is 0 Å². The number of nitrogens with zero attached hydrogens (tertiary/aromatic N) is 1. The number of likely N-dealkylation sites (tertiary alicyclic amines) is 1. The fourth-order valence-corrected chi connectivity index (χ4v) is 2.46. The molecule has 0 saturated carbocycles. The van der Waals surface area contributed by atoms with Crippen molar-refractivity contribution in [2.45, 2.75) is 25.3 Å². The Morgan fingerprint density at radius 1 is 1.27 bits per heavy atom. The summed E-state index contributed by atoms with van der Waals surface area (Å²) in [4.78, 5) is 36.6. The van der Waals surface area contributed by atoms with E-state index < -0.39 is 30.4 Å². The minimum absolute atomic E-state index is 0.0135. The third-order valence-electron chi connectivity index (χ3n) is 3.60. The van der Waals surface area contributed by atoms with Gasteiger partial charge in [0.15, 0.2) is 6.61 Å². The van der Waals surface area contributed by atoms with E-state index in [9.17, 15) is 19.5 Å². The highest BCUT2D eigenvalue weighted by atomic mass is 16.5. The number of hydrogen-bond donors (Lipinski definition) is 2. The number of rotatable bonds is 4. The molecule has 0 aromatic heterocycles.